The molecule has 0 aromatic rings. The first-order chi connectivity index (χ1) is 15.9. The number of ketones is 1. The van der Waals surface area contributed by atoms with Gasteiger partial charge < -0.3 is 9.84 Å². The van der Waals surface area contributed by atoms with E-state index in [1.54, 1.807) is 0 Å². The fourth-order valence-electron chi connectivity index (χ4n) is 8.71. The van der Waals surface area contributed by atoms with E-state index in [1.807, 2.05) is 6.08 Å². The summed E-state index contributed by atoms with van der Waals surface area (Å²) in [6.07, 6.45) is 9.27. The average Bonchev–Trinajstić information content (AvgIpc) is 3.10. The van der Waals surface area contributed by atoms with Crippen LogP contribution in [-0.4, -0.2) is 29.1 Å². The smallest absolute Gasteiger partial charge is 0.303 e. The minimum Gasteiger partial charge on any atom is -0.458 e. The van der Waals surface area contributed by atoms with Crippen molar-refractivity contribution in [1.82, 2.24) is 0 Å². The Labute approximate surface area is 206 Å². The van der Waals surface area contributed by atoms with Gasteiger partial charge in [-0.15, -0.1) is 0 Å². The van der Waals surface area contributed by atoms with E-state index in [2.05, 4.69) is 41.2 Å². The van der Waals surface area contributed by atoms with Crippen molar-refractivity contribution in [3.05, 3.63) is 23.8 Å². The molecule has 4 nitrogen and oxygen atoms in total. The largest absolute Gasteiger partial charge is 0.458 e. The predicted molar refractivity (Wildman–Crippen MR) is 135 cm³/mol. The predicted octanol–water partition coefficient (Wildman–Crippen LogP) is 6.28. The zero-order chi connectivity index (χ0) is 25.0. The summed E-state index contributed by atoms with van der Waals surface area (Å²) >= 11 is 0. The lowest BCUT2D eigenvalue weighted by Crippen LogP contribution is -2.53. The van der Waals surface area contributed by atoms with Crippen molar-refractivity contribution >= 4 is 11.8 Å². The zero-order valence-electron chi connectivity index (χ0n) is 22.2. The van der Waals surface area contributed by atoms with Crippen LogP contribution in [0.2, 0.25) is 0 Å². The lowest BCUT2D eigenvalue weighted by Gasteiger charge is -2.57. The minimum atomic E-state index is -0.292. The second-order valence-corrected chi connectivity index (χ2v) is 12.9. The van der Waals surface area contributed by atoms with Crippen molar-refractivity contribution in [3.63, 3.8) is 0 Å². The van der Waals surface area contributed by atoms with Gasteiger partial charge >= 0.3 is 5.97 Å². The number of aliphatic hydroxyl groups is 1. The molecular formula is C30H46O4. The first kappa shape index (κ1) is 25.7. The van der Waals surface area contributed by atoms with E-state index in [0.29, 0.717) is 35.9 Å². The number of rotatable bonds is 6. The Hall–Kier alpha value is -1.42. The second-order valence-electron chi connectivity index (χ2n) is 12.9. The summed E-state index contributed by atoms with van der Waals surface area (Å²) in [5.41, 5.74) is 2.42. The summed E-state index contributed by atoms with van der Waals surface area (Å²) in [6.45, 7) is 17.1. The van der Waals surface area contributed by atoms with Crippen LogP contribution < -0.4 is 0 Å². The molecule has 0 saturated heterocycles. The molecule has 190 valence electrons. The molecule has 4 rings (SSSR count). The number of carbonyl (C=O) groups excluding carboxylic acids is 2. The molecule has 0 spiro atoms. The van der Waals surface area contributed by atoms with Crippen LogP contribution in [0.5, 0.6) is 0 Å². The minimum absolute atomic E-state index is 0.0677. The molecule has 0 aliphatic heterocycles. The molecule has 9 atom stereocenters. The van der Waals surface area contributed by atoms with Gasteiger partial charge in [-0.25, -0.2) is 0 Å². The van der Waals surface area contributed by atoms with E-state index in [0.717, 1.165) is 50.5 Å². The normalized spacial score (nSPS) is 41.1. The highest BCUT2D eigenvalue weighted by Gasteiger charge is 2.61. The van der Waals surface area contributed by atoms with Gasteiger partial charge in [0.2, 0.25) is 0 Å². The van der Waals surface area contributed by atoms with Gasteiger partial charge in [0.05, 0.1) is 6.10 Å². The summed E-state index contributed by atoms with van der Waals surface area (Å²) in [5.74, 6) is 2.23. The van der Waals surface area contributed by atoms with Gasteiger partial charge in [-0.2, -0.15) is 0 Å². The highest BCUT2D eigenvalue weighted by atomic mass is 16.5. The Kier molecular flexibility index (Phi) is 6.96. The first-order valence-electron chi connectivity index (χ1n) is 13.7. The van der Waals surface area contributed by atoms with Gasteiger partial charge in [0.1, 0.15) is 6.10 Å². The molecule has 34 heavy (non-hydrogen) atoms. The molecule has 0 bridgehead atoms. The standard InChI is InChI=1S/C30H46O4/c1-17(2)19(4)27(34-20(5)31)14-18(3)23-8-9-24-28-25(11-13-30(23,24)7)29(6)12-10-22(32)15-21(29)16-26(28)33/h16-18,22-25,27-28,32H,4,8-15H2,1-3,5-7H3/t18-,22+,23-,24+,25+,27+,28+,29+,30-/m1/s1. The fourth-order valence-corrected chi connectivity index (χ4v) is 8.71. The summed E-state index contributed by atoms with van der Waals surface area (Å²) < 4.78 is 5.74. The van der Waals surface area contributed by atoms with Crippen molar-refractivity contribution in [2.24, 2.45) is 46.3 Å². The van der Waals surface area contributed by atoms with Crippen LogP contribution in [-0.2, 0) is 14.3 Å². The molecule has 0 aromatic carbocycles. The molecule has 3 fully saturated rings. The number of esters is 1. The van der Waals surface area contributed by atoms with Gasteiger partial charge in [0.25, 0.3) is 0 Å². The highest BCUT2D eigenvalue weighted by molar-refractivity contribution is 5.94. The molecular weight excluding hydrogens is 424 g/mol. The monoisotopic (exact) mass is 470 g/mol. The van der Waals surface area contributed by atoms with E-state index in [1.165, 1.54) is 12.5 Å². The third-order valence-electron chi connectivity index (χ3n) is 10.7. The van der Waals surface area contributed by atoms with Crippen molar-refractivity contribution < 1.29 is 19.4 Å². The first-order valence-corrected chi connectivity index (χ1v) is 13.7. The lowest BCUT2D eigenvalue weighted by molar-refractivity contribution is -0.146. The molecule has 0 aromatic heterocycles. The van der Waals surface area contributed by atoms with Crippen molar-refractivity contribution in [1.29, 1.82) is 0 Å². The van der Waals surface area contributed by atoms with Crippen molar-refractivity contribution in [3.8, 4) is 0 Å². The average molecular weight is 471 g/mol. The zero-order valence-corrected chi connectivity index (χ0v) is 22.2. The molecule has 0 unspecified atom stereocenters. The fraction of sp³-hybridized carbons (Fsp3) is 0.800. The van der Waals surface area contributed by atoms with Crippen LogP contribution >= 0.6 is 0 Å². The Bertz CT molecular complexity index is 871. The molecule has 0 radical (unpaired) electrons. The van der Waals surface area contributed by atoms with Gasteiger partial charge in [-0.3, -0.25) is 9.59 Å². The number of hydrogen-bond donors (Lipinski definition) is 1. The van der Waals surface area contributed by atoms with Crippen molar-refractivity contribution in [2.45, 2.75) is 105 Å². The molecule has 0 heterocycles. The molecule has 3 saturated carbocycles. The lowest BCUT2D eigenvalue weighted by atomic mass is 9.46. The number of allylic oxidation sites excluding steroid dienone is 1. The Morgan fingerprint density at radius 3 is 2.50 bits per heavy atom. The van der Waals surface area contributed by atoms with Gasteiger partial charge in [0, 0.05) is 12.8 Å². The van der Waals surface area contributed by atoms with Gasteiger partial charge in [-0.05, 0) is 103 Å². The molecule has 4 heteroatoms. The van der Waals surface area contributed by atoms with E-state index in [4.69, 9.17) is 4.74 Å². The molecule has 4 aliphatic carbocycles. The van der Waals surface area contributed by atoms with Crippen LogP contribution in [0.1, 0.15) is 92.9 Å². The number of ether oxygens (including phenoxy) is 1. The Balaban J connectivity index is 1.56. The van der Waals surface area contributed by atoms with Crippen LogP contribution in [0.3, 0.4) is 0 Å². The maximum atomic E-state index is 13.5. The van der Waals surface area contributed by atoms with E-state index >= 15 is 0 Å². The quantitative estimate of drug-likeness (QED) is 0.367. The molecule has 4 aliphatic rings. The Morgan fingerprint density at radius 2 is 1.85 bits per heavy atom. The summed E-state index contributed by atoms with van der Waals surface area (Å²) in [7, 11) is 0. The third kappa shape index (κ3) is 4.22. The van der Waals surface area contributed by atoms with Crippen LogP contribution in [0.25, 0.3) is 0 Å². The Morgan fingerprint density at radius 1 is 1.15 bits per heavy atom. The van der Waals surface area contributed by atoms with Gasteiger partial charge in [0.15, 0.2) is 5.78 Å². The number of fused-ring (bicyclic) bond motifs is 5. The second kappa shape index (κ2) is 9.22. The van der Waals surface area contributed by atoms with E-state index in [-0.39, 0.29) is 40.8 Å². The number of hydrogen-bond acceptors (Lipinski definition) is 4. The number of aliphatic hydroxyl groups excluding tert-OH is 1. The topological polar surface area (TPSA) is 63.6 Å². The molecule has 1 N–H and O–H groups in total. The summed E-state index contributed by atoms with van der Waals surface area (Å²) in [4.78, 5) is 25.3. The summed E-state index contributed by atoms with van der Waals surface area (Å²) in [5, 5.41) is 10.2. The third-order valence-corrected chi connectivity index (χ3v) is 10.7. The van der Waals surface area contributed by atoms with E-state index < -0.39 is 0 Å². The van der Waals surface area contributed by atoms with Crippen molar-refractivity contribution in [2.75, 3.05) is 0 Å². The van der Waals surface area contributed by atoms with Crippen LogP contribution in [0.15, 0.2) is 23.8 Å². The highest BCUT2D eigenvalue weighted by Crippen LogP contribution is 2.66. The van der Waals surface area contributed by atoms with E-state index in [9.17, 15) is 14.7 Å². The van der Waals surface area contributed by atoms with Crippen LogP contribution in [0.4, 0.5) is 0 Å². The van der Waals surface area contributed by atoms with Crippen LogP contribution in [0, 0.1) is 46.3 Å². The maximum absolute atomic E-state index is 13.5. The van der Waals surface area contributed by atoms with Gasteiger partial charge in [-0.1, -0.05) is 46.8 Å². The number of carbonyl (C=O) groups is 2. The summed E-state index contributed by atoms with van der Waals surface area (Å²) in [6, 6.07) is 0. The SMILES string of the molecule is C=C(C(C)C)[C@H](C[C@@H](C)[C@H]1CC[C@H]2[C@@H]3C(=O)C=C4C[C@@H](O)CC[C@]4(C)[C@H]3CC[C@]12C)OC(C)=O. The molecule has 0 amide bonds. The maximum Gasteiger partial charge on any atom is 0.303 e.